The molecule has 0 radical (unpaired) electrons. The summed E-state index contributed by atoms with van der Waals surface area (Å²) in [4.78, 5) is 9.77. The average molecular weight is 417 g/mol. The number of benzene rings is 4. The molecular weight excluding hydrogens is 392 g/mol. The van der Waals surface area contributed by atoms with Crippen molar-refractivity contribution in [3.63, 3.8) is 0 Å². The first kappa shape index (κ1) is 19.0. The number of aryl methyl sites for hydroxylation is 2. The predicted octanol–water partition coefficient (Wildman–Crippen LogP) is 8.09. The number of fused-ring (bicyclic) bond motifs is 6. The predicted molar refractivity (Wildman–Crippen MR) is 133 cm³/mol. The zero-order valence-electron chi connectivity index (χ0n) is 18.7. The number of hydrogen-bond donors (Lipinski definition) is 0. The normalized spacial score (nSPS) is 12.0. The van der Waals surface area contributed by atoms with Crippen LogP contribution in [0.3, 0.4) is 0 Å². The van der Waals surface area contributed by atoms with E-state index in [0.29, 0.717) is 5.92 Å². The molecular formula is C29H24N2O. The summed E-state index contributed by atoms with van der Waals surface area (Å²) in [6.45, 7) is 8.52. The summed E-state index contributed by atoms with van der Waals surface area (Å²) < 4.78 is 6.47. The van der Waals surface area contributed by atoms with Gasteiger partial charge in [-0.2, -0.15) is 0 Å². The van der Waals surface area contributed by atoms with Crippen molar-refractivity contribution >= 4 is 43.6 Å². The number of nitrogens with zero attached hydrogens (tertiary/aromatic N) is 2. The lowest BCUT2D eigenvalue weighted by Crippen LogP contribution is -1.96. The van der Waals surface area contributed by atoms with E-state index in [9.17, 15) is 0 Å². The van der Waals surface area contributed by atoms with Gasteiger partial charge in [-0.15, -0.1) is 0 Å². The third-order valence-electron chi connectivity index (χ3n) is 6.47. The van der Waals surface area contributed by atoms with E-state index in [4.69, 9.17) is 14.4 Å². The smallest absolute Gasteiger partial charge is 0.144 e. The fourth-order valence-electron chi connectivity index (χ4n) is 4.82. The number of furan rings is 1. The van der Waals surface area contributed by atoms with E-state index in [1.165, 1.54) is 21.9 Å². The molecule has 32 heavy (non-hydrogen) atoms. The molecule has 3 nitrogen and oxygen atoms in total. The molecule has 0 atom stereocenters. The van der Waals surface area contributed by atoms with Crippen molar-refractivity contribution in [1.82, 2.24) is 9.97 Å². The van der Waals surface area contributed by atoms with Gasteiger partial charge in [0.25, 0.3) is 0 Å². The van der Waals surface area contributed by atoms with Crippen molar-refractivity contribution in [2.24, 2.45) is 0 Å². The van der Waals surface area contributed by atoms with Gasteiger partial charge in [0.2, 0.25) is 0 Å². The second kappa shape index (κ2) is 6.89. The summed E-state index contributed by atoms with van der Waals surface area (Å²) in [7, 11) is 0. The first-order valence-corrected chi connectivity index (χ1v) is 11.1. The van der Waals surface area contributed by atoms with Crippen LogP contribution in [-0.2, 0) is 0 Å². The molecule has 2 heterocycles. The van der Waals surface area contributed by atoms with Crippen LogP contribution in [0.5, 0.6) is 0 Å². The van der Waals surface area contributed by atoms with Crippen LogP contribution in [0.25, 0.3) is 54.9 Å². The molecule has 2 aromatic heterocycles. The Hall–Kier alpha value is -3.72. The molecule has 0 aliphatic carbocycles. The topological polar surface area (TPSA) is 38.9 Å². The monoisotopic (exact) mass is 416 g/mol. The largest absolute Gasteiger partial charge is 0.455 e. The van der Waals surface area contributed by atoms with Crippen LogP contribution in [0.15, 0.2) is 71.1 Å². The van der Waals surface area contributed by atoms with Crippen LogP contribution in [0, 0.1) is 13.8 Å². The van der Waals surface area contributed by atoms with Gasteiger partial charge in [0.1, 0.15) is 17.0 Å². The van der Waals surface area contributed by atoms with Crippen molar-refractivity contribution < 1.29 is 4.42 Å². The molecule has 6 aromatic rings. The molecule has 0 saturated carbocycles. The number of aromatic nitrogens is 2. The Morgan fingerprint density at radius 1 is 0.781 bits per heavy atom. The Kier molecular flexibility index (Phi) is 4.09. The maximum atomic E-state index is 6.47. The SMILES string of the molecule is Cc1nc(-c2cccc3c2oc2cc(C(C)C)ccc23)c2ccc3cccc(C)c3c2n1. The lowest BCUT2D eigenvalue weighted by atomic mass is 9.98. The first-order valence-electron chi connectivity index (χ1n) is 11.1. The van der Waals surface area contributed by atoms with Crippen LogP contribution in [0.4, 0.5) is 0 Å². The molecule has 0 spiro atoms. The fraction of sp³-hybridized carbons (Fsp3) is 0.172. The Morgan fingerprint density at radius 3 is 2.44 bits per heavy atom. The molecule has 3 heteroatoms. The molecule has 0 fully saturated rings. The Morgan fingerprint density at radius 2 is 1.59 bits per heavy atom. The molecule has 4 aromatic carbocycles. The molecule has 0 N–H and O–H groups in total. The average Bonchev–Trinajstić information content (AvgIpc) is 3.16. The van der Waals surface area contributed by atoms with Crippen molar-refractivity contribution in [3.05, 3.63) is 83.7 Å². The van der Waals surface area contributed by atoms with Crippen LogP contribution < -0.4 is 0 Å². The summed E-state index contributed by atoms with van der Waals surface area (Å²) in [6.07, 6.45) is 0. The summed E-state index contributed by atoms with van der Waals surface area (Å²) in [6, 6.07) is 23.6. The van der Waals surface area contributed by atoms with Crippen molar-refractivity contribution in [2.45, 2.75) is 33.6 Å². The summed E-state index contributed by atoms with van der Waals surface area (Å²) in [5.74, 6) is 1.22. The van der Waals surface area contributed by atoms with E-state index in [-0.39, 0.29) is 0 Å². The van der Waals surface area contributed by atoms with Crippen molar-refractivity contribution in [2.75, 3.05) is 0 Å². The van der Waals surface area contributed by atoms with Gasteiger partial charge in [0.15, 0.2) is 0 Å². The van der Waals surface area contributed by atoms with Gasteiger partial charge in [-0.1, -0.05) is 62.4 Å². The minimum Gasteiger partial charge on any atom is -0.455 e. The molecule has 0 bridgehead atoms. The van der Waals surface area contributed by atoms with Gasteiger partial charge < -0.3 is 4.42 Å². The van der Waals surface area contributed by atoms with Gasteiger partial charge in [-0.25, -0.2) is 9.97 Å². The van der Waals surface area contributed by atoms with E-state index in [2.05, 4.69) is 87.5 Å². The van der Waals surface area contributed by atoms with E-state index < -0.39 is 0 Å². The molecule has 0 aliphatic heterocycles. The molecule has 0 aliphatic rings. The summed E-state index contributed by atoms with van der Waals surface area (Å²) in [5, 5.41) is 5.70. The third kappa shape index (κ3) is 2.74. The molecule has 0 unspecified atom stereocenters. The van der Waals surface area contributed by atoms with E-state index in [0.717, 1.165) is 49.9 Å². The highest BCUT2D eigenvalue weighted by Crippen LogP contribution is 2.39. The maximum absolute atomic E-state index is 6.47. The lowest BCUT2D eigenvalue weighted by molar-refractivity contribution is 0.668. The standard InChI is InChI=1S/C29H24N2O/c1-16(2)20-12-13-21-22-9-6-10-24(29(22)32-25(21)15-20)27-23-14-11-19-8-5-7-17(3)26(19)28(23)31-18(4)30-27/h5-16H,1-4H3. The second-order valence-electron chi connectivity index (χ2n) is 8.95. The van der Waals surface area contributed by atoms with Crippen LogP contribution >= 0.6 is 0 Å². The zero-order chi connectivity index (χ0) is 22.0. The Labute approximate surface area is 186 Å². The maximum Gasteiger partial charge on any atom is 0.144 e. The lowest BCUT2D eigenvalue weighted by Gasteiger charge is -2.11. The quantitative estimate of drug-likeness (QED) is 0.268. The third-order valence-corrected chi connectivity index (χ3v) is 6.47. The highest BCUT2D eigenvalue weighted by atomic mass is 16.3. The van der Waals surface area contributed by atoms with E-state index in [1.807, 2.05) is 6.92 Å². The molecule has 156 valence electrons. The van der Waals surface area contributed by atoms with Crippen LogP contribution in [-0.4, -0.2) is 9.97 Å². The zero-order valence-corrected chi connectivity index (χ0v) is 18.7. The van der Waals surface area contributed by atoms with Crippen molar-refractivity contribution in [3.8, 4) is 11.3 Å². The summed E-state index contributed by atoms with van der Waals surface area (Å²) >= 11 is 0. The van der Waals surface area contributed by atoms with Crippen LogP contribution in [0.2, 0.25) is 0 Å². The van der Waals surface area contributed by atoms with E-state index in [1.54, 1.807) is 0 Å². The van der Waals surface area contributed by atoms with Gasteiger partial charge in [0, 0.05) is 27.1 Å². The van der Waals surface area contributed by atoms with Gasteiger partial charge in [-0.05, 0) is 54.5 Å². The number of hydrogen-bond acceptors (Lipinski definition) is 3. The second-order valence-corrected chi connectivity index (χ2v) is 8.95. The number of para-hydroxylation sites is 1. The fourth-order valence-corrected chi connectivity index (χ4v) is 4.82. The highest BCUT2D eigenvalue weighted by Gasteiger charge is 2.18. The van der Waals surface area contributed by atoms with E-state index >= 15 is 0 Å². The Balaban J connectivity index is 1.71. The minimum atomic E-state index is 0.456. The van der Waals surface area contributed by atoms with Crippen molar-refractivity contribution in [1.29, 1.82) is 0 Å². The van der Waals surface area contributed by atoms with Crippen LogP contribution in [0.1, 0.15) is 36.7 Å². The minimum absolute atomic E-state index is 0.456. The molecule has 6 rings (SSSR count). The van der Waals surface area contributed by atoms with Gasteiger partial charge in [0.05, 0.1) is 11.2 Å². The Bertz CT molecular complexity index is 1670. The highest BCUT2D eigenvalue weighted by molar-refractivity contribution is 6.14. The molecule has 0 saturated heterocycles. The van der Waals surface area contributed by atoms with Gasteiger partial charge in [-0.3, -0.25) is 0 Å². The summed E-state index contributed by atoms with van der Waals surface area (Å²) in [5.41, 5.74) is 7.24. The molecule has 0 amide bonds. The number of rotatable bonds is 2. The first-order chi connectivity index (χ1) is 15.5. The van der Waals surface area contributed by atoms with Gasteiger partial charge >= 0.3 is 0 Å².